The largest absolute Gasteiger partial charge is 0.456 e. The fraction of sp³-hybridized carbons (Fsp3) is 0. The Labute approximate surface area is 97.1 Å². The van der Waals surface area contributed by atoms with Gasteiger partial charge in [-0.25, -0.2) is 0 Å². The Morgan fingerprint density at radius 2 is 1.71 bits per heavy atom. The first-order chi connectivity index (χ1) is 8.35. The average Bonchev–Trinajstić information content (AvgIpc) is 2.76. The fourth-order valence-electron chi connectivity index (χ4n) is 2.03. The smallest absolute Gasteiger partial charge is 0.136 e. The Morgan fingerprint density at radius 3 is 2.47 bits per heavy atom. The summed E-state index contributed by atoms with van der Waals surface area (Å²) in [6.07, 6.45) is 0. The molecule has 0 saturated heterocycles. The lowest BCUT2D eigenvalue weighted by atomic mass is 10.0. The van der Waals surface area contributed by atoms with Crippen LogP contribution in [0.3, 0.4) is 0 Å². The highest BCUT2D eigenvalue weighted by molar-refractivity contribution is 6.08. The first-order valence-corrected chi connectivity index (χ1v) is 5.09. The number of fused-ring (bicyclic) bond motifs is 3. The van der Waals surface area contributed by atoms with Crippen LogP contribution in [0.2, 0.25) is 0 Å². The second-order valence-corrected chi connectivity index (χ2v) is 3.68. The summed E-state index contributed by atoms with van der Waals surface area (Å²) in [4.78, 5) is 0. The van der Waals surface area contributed by atoms with Gasteiger partial charge in [0.25, 0.3) is 0 Å². The van der Waals surface area contributed by atoms with Gasteiger partial charge in [-0.1, -0.05) is 18.2 Å². The molecule has 3 aromatic rings. The number of rotatable bonds is 0. The molecular formula is C14H6N2O. The zero-order valence-corrected chi connectivity index (χ0v) is 8.77. The molecule has 0 unspecified atom stereocenters. The average molecular weight is 218 g/mol. The Kier molecular flexibility index (Phi) is 1.87. The number of hydrogen-bond donors (Lipinski definition) is 0. The standard InChI is InChI=1S/C14H6N2O/c15-7-9-5-6-13-14(11(9)8-16)10-3-1-2-4-12(10)17-13/h1-6H. The van der Waals surface area contributed by atoms with E-state index < -0.39 is 0 Å². The Balaban J connectivity index is 2.63. The lowest BCUT2D eigenvalue weighted by Gasteiger charge is -1.95. The predicted octanol–water partition coefficient (Wildman–Crippen LogP) is 3.33. The van der Waals surface area contributed by atoms with E-state index in [1.807, 2.05) is 30.3 Å². The second-order valence-electron chi connectivity index (χ2n) is 3.68. The summed E-state index contributed by atoms with van der Waals surface area (Å²) in [5.74, 6) is 0. The van der Waals surface area contributed by atoms with Crippen molar-refractivity contribution in [1.29, 1.82) is 10.5 Å². The molecule has 3 heteroatoms. The first-order valence-electron chi connectivity index (χ1n) is 5.09. The molecule has 0 N–H and O–H groups in total. The van der Waals surface area contributed by atoms with E-state index in [0.717, 1.165) is 16.4 Å². The minimum Gasteiger partial charge on any atom is -0.456 e. The van der Waals surface area contributed by atoms with Crippen LogP contribution in [0.4, 0.5) is 0 Å². The molecular weight excluding hydrogens is 212 g/mol. The molecule has 0 aliphatic carbocycles. The monoisotopic (exact) mass is 218 g/mol. The van der Waals surface area contributed by atoms with E-state index in [1.165, 1.54) is 0 Å². The number of nitriles is 2. The van der Waals surface area contributed by atoms with Crippen LogP contribution in [0.15, 0.2) is 40.8 Å². The number of benzene rings is 2. The van der Waals surface area contributed by atoms with Gasteiger partial charge in [-0.2, -0.15) is 10.5 Å². The summed E-state index contributed by atoms with van der Waals surface area (Å²) in [5, 5.41) is 19.8. The summed E-state index contributed by atoms with van der Waals surface area (Å²) in [5.41, 5.74) is 2.14. The molecule has 0 aliphatic rings. The number of nitrogens with zero attached hydrogens (tertiary/aromatic N) is 2. The lowest BCUT2D eigenvalue weighted by molar-refractivity contribution is 0.669. The third-order valence-corrected chi connectivity index (χ3v) is 2.78. The highest BCUT2D eigenvalue weighted by atomic mass is 16.3. The van der Waals surface area contributed by atoms with Gasteiger partial charge in [-0.15, -0.1) is 0 Å². The van der Waals surface area contributed by atoms with E-state index in [4.69, 9.17) is 9.68 Å². The van der Waals surface area contributed by atoms with Crippen molar-refractivity contribution in [2.45, 2.75) is 0 Å². The summed E-state index contributed by atoms with van der Waals surface area (Å²) >= 11 is 0. The maximum Gasteiger partial charge on any atom is 0.136 e. The van der Waals surface area contributed by atoms with E-state index in [1.54, 1.807) is 12.1 Å². The van der Waals surface area contributed by atoms with Crippen LogP contribution in [0.25, 0.3) is 21.9 Å². The van der Waals surface area contributed by atoms with Crippen LogP contribution < -0.4 is 0 Å². The molecule has 0 saturated carbocycles. The molecule has 0 atom stereocenters. The van der Waals surface area contributed by atoms with Crippen molar-refractivity contribution in [3.05, 3.63) is 47.5 Å². The van der Waals surface area contributed by atoms with Crippen molar-refractivity contribution in [3.8, 4) is 12.1 Å². The van der Waals surface area contributed by atoms with Crippen molar-refractivity contribution in [2.75, 3.05) is 0 Å². The summed E-state index contributed by atoms with van der Waals surface area (Å²) < 4.78 is 5.63. The Hall–Kier alpha value is -2.78. The summed E-state index contributed by atoms with van der Waals surface area (Å²) in [6, 6.07) is 15.0. The van der Waals surface area contributed by atoms with Crippen LogP contribution in [0.1, 0.15) is 11.1 Å². The zero-order chi connectivity index (χ0) is 11.8. The fourth-order valence-corrected chi connectivity index (χ4v) is 2.03. The van der Waals surface area contributed by atoms with Crippen molar-refractivity contribution >= 4 is 21.9 Å². The molecule has 3 rings (SSSR count). The molecule has 17 heavy (non-hydrogen) atoms. The minimum atomic E-state index is 0.381. The van der Waals surface area contributed by atoms with Gasteiger partial charge in [0.15, 0.2) is 0 Å². The van der Waals surface area contributed by atoms with Crippen LogP contribution >= 0.6 is 0 Å². The normalized spacial score (nSPS) is 10.2. The van der Waals surface area contributed by atoms with E-state index >= 15 is 0 Å². The topological polar surface area (TPSA) is 60.7 Å². The van der Waals surface area contributed by atoms with Crippen LogP contribution in [0, 0.1) is 22.7 Å². The summed E-state index contributed by atoms with van der Waals surface area (Å²) in [7, 11) is 0. The molecule has 0 spiro atoms. The van der Waals surface area contributed by atoms with Gasteiger partial charge >= 0.3 is 0 Å². The maximum atomic E-state index is 9.18. The van der Waals surface area contributed by atoms with Gasteiger partial charge in [-0.3, -0.25) is 0 Å². The van der Waals surface area contributed by atoms with E-state index in [0.29, 0.717) is 16.7 Å². The van der Waals surface area contributed by atoms with Crippen molar-refractivity contribution in [3.63, 3.8) is 0 Å². The van der Waals surface area contributed by atoms with Gasteiger partial charge in [0.1, 0.15) is 23.3 Å². The second kappa shape index (κ2) is 3.37. The molecule has 3 nitrogen and oxygen atoms in total. The first kappa shape index (κ1) is 9.45. The third-order valence-electron chi connectivity index (χ3n) is 2.78. The SMILES string of the molecule is N#Cc1ccc2oc3ccccc3c2c1C#N. The number of hydrogen-bond acceptors (Lipinski definition) is 3. The van der Waals surface area contributed by atoms with Gasteiger partial charge in [-0.05, 0) is 18.2 Å². The zero-order valence-electron chi connectivity index (χ0n) is 8.77. The van der Waals surface area contributed by atoms with Crippen molar-refractivity contribution in [1.82, 2.24) is 0 Å². The maximum absolute atomic E-state index is 9.18. The minimum absolute atomic E-state index is 0.381. The van der Waals surface area contributed by atoms with E-state index in [-0.39, 0.29) is 0 Å². The number of para-hydroxylation sites is 1. The van der Waals surface area contributed by atoms with Crippen LogP contribution in [-0.4, -0.2) is 0 Å². The molecule has 0 amide bonds. The highest BCUT2D eigenvalue weighted by Crippen LogP contribution is 2.32. The van der Waals surface area contributed by atoms with Gasteiger partial charge in [0.2, 0.25) is 0 Å². The Morgan fingerprint density at radius 1 is 0.882 bits per heavy atom. The van der Waals surface area contributed by atoms with Crippen molar-refractivity contribution in [2.24, 2.45) is 0 Å². The third kappa shape index (κ3) is 1.20. The molecule has 0 fully saturated rings. The molecule has 0 aliphatic heterocycles. The van der Waals surface area contributed by atoms with Gasteiger partial charge in [0.05, 0.1) is 11.1 Å². The van der Waals surface area contributed by atoms with Gasteiger partial charge < -0.3 is 4.42 Å². The molecule has 1 heterocycles. The molecule has 2 aromatic carbocycles. The van der Waals surface area contributed by atoms with Crippen molar-refractivity contribution < 1.29 is 4.42 Å². The summed E-state index contributed by atoms with van der Waals surface area (Å²) in [6.45, 7) is 0. The molecule has 0 bridgehead atoms. The number of furan rings is 1. The predicted molar refractivity (Wildman–Crippen MR) is 63.2 cm³/mol. The molecule has 78 valence electrons. The lowest BCUT2D eigenvalue weighted by Crippen LogP contribution is -1.83. The van der Waals surface area contributed by atoms with E-state index in [2.05, 4.69) is 6.07 Å². The Bertz CT molecular complexity index is 816. The van der Waals surface area contributed by atoms with Crippen LogP contribution in [-0.2, 0) is 0 Å². The van der Waals surface area contributed by atoms with Gasteiger partial charge in [0, 0.05) is 10.8 Å². The highest BCUT2D eigenvalue weighted by Gasteiger charge is 2.13. The van der Waals surface area contributed by atoms with Crippen LogP contribution in [0.5, 0.6) is 0 Å². The molecule has 1 aromatic heterocycles. The van der Waals surface area contributed by atoms with E-state index in [9.17, 15) is 5.26 Å². The molecule has 0 radical (unpaired) electrons. The quantitative estimate of drug-likeness (QED) is 0.581.